The Bertz CT molecular complexity index is 963. The quantitative estimate of drug-likeness (QED) is 0.686. The van der Waals surface area contributed by atoms with Crippen LogP contribution in [0, 0.1) is 0 Å². The molecule has 0 radical (unpaired) electrons. The number of carbonyl (C=O) groups is 1. The van der Waals surface area contributed by atoms with Gasteiger partial charge in [0, 0.05) is 19.9 Å². The number of para-hydroxylation sites is 1. The lowest BCUT2D eigenvalue weighted by Gasteiger charge is -2.16. The Labute approximate surface area is 150 Å². The summed E-state index contributed by atoms with van der Waals surface area (Å²) in [4.78, 5) is 33.4. The van der Waals surface area contributed by atoms with Crippen LogP contribution in [0.4, 0.5) is 0 Å². The maximum Gasteiger partial charge on any atom is 0.261 e. The Morgan fingerprint density at radius 3 is 2.92 bits per heavy atom. The van der Waals surface area contributed by atoms with Crippen molar-refractivity contribution in [3.8, 4) is 0 Å². The van der Waals surface area contributed by atoms with E-state index in [0.717, 1.165) is 5.69 Å². The number of hydrogen-bond donors (Lipinski definition) is 1. The molecular weight excluding hydrogens is 334 g/mol. The molecule has 1 N–H and O–H groups in total. The lowest BCUT2D eigenvalue weighted by molar-refractivity contribution is -0.124. The fraction of sp³-hybridized carbons (Fsp3) is 0.333. The van der Waals surface area contributed by atoms with Crippen LogP contribution in [0.3, 0.4) is 0 Å². The molecule has 0 aliphatic rings. The molecule has 0 bridgehead atoms. The first kappa shape index (κ1) is 17.8. The van der Waals surface area contributed by atoms with Crippen molar-refractivity contribution in [2.45, 2.75) is 26.1 Å². The van der Waals surface area contributed by atoms with Crippen LogP contribution >= 0.6 is 0 Å². The van der Waals surface area contributed by atoms with Gasteiger partial charge in [-0.15, -0.1) is 0 Å². The topological polar surface area (TPSA) is 91.0 Å². The average Bonchev–Trinajstić information content (AvgIpc) is 3.11. The predicted octanol–water partition coefficient (Wildman–Crippen LogP) is 1.12. The third-order valence-electron chi connectivity index (χ3n) is 4.27. The zero-order valence-electron chi connectivity index (χ0n) is 14.8. The van der Waals surface area contributed by atoms with Crippen molar-refractivity contribution in [1.82, 2.24) is 24.4 Å². The molecule has 0 saturated carbocycles. The van der Waals surface area contributed by atoms with E-state index in [1.165, 1.54) is 10.9 Å². The van der Waals surface area contributed by atoms with Gasteiger partial charge >= 0.3 is 0 Å². The number of aromatic nitrogens is 4. The molecule has 8 heteroatoms. The number of ether oxygens (including phenoxy) is 1. The van der Waals surface area contributed by atoms with Crippen molar-refractivity contribution in [2.24, 2.45) is 0 Å². The van der Waals surface area contributed by atoms with Crippen LogP contribution < -0.4 is 10.9 Å². The summed E-state index contributed by atoms with van der Waals surface area (Å²) < 4.78 is 8.32. The third-order valence-corrected chi connectivity index (χ3v) is 4.27. The van der Waals surface area contributed by atoms with Crippen molar-refractivity contribution >= 4 is 16.8 Å². The minimum Gasteiger partial charge on any atom is -0.383 e. The lowest BCUT2D eigenvalue weighted by Crippen LogP contribution is -2.36. The second-order valence-corrected chi connectivity index (χ2v) is 5.94. The summed E-state index contributed by atoms with van der Waals surface area (Å²) in [7, 11) is 1.63. The Morgan fingerprint density at radius 2 is 2.12 bits per heavy atom. The maximum absolute atomic E-state index is 12.6. The van der Waals surface area contributed by atoms with E-state index in [2.05, 4.69) is 15.3 Å². The first-order valence-corrected chi connectivity index (χ1v) is 8.33. The number of methoxy groups -OCH3 is 1. The van der Waals surface area contributed by atoms with Crippen LogP contribution in [0.15, 0.2) is 47.9 Å². The van der Waals surface area contributed by atoms with Gasteiger partial charge in [0.15, 0.2) is 0 Å². The summed E-state index contributed by atoms with van der Waals surface area (Å²) in [6, 6.07) is 6.41. The standard InChI is InChI=1S/C18H21N5O3/c1-13(23-12-21-16-6-4-3-5-15(16)18(23)25)17(24)20-10-14-9-19-11-22(14)7-8-26-2/h3-6,9,11-13H,7-8,10H2,1-2H3,(H,20,24). The molecule has 0 aliphatic heterocycles. The van der Waals surface area contributed by atoms with Gasteiger partial charge in [-0.25, -0.2) is 9.97 Å². The van der Waals surface area contributed by atoms with Gasteiger partial charge < -0.3 is 14.6 Å². The highest BCUT2D eigenvalue weighted by atomic mass is 16.5. The molecule has 2 aromatic heterocycles. The van der Waals surface area contributed by atoms with E-state index in [0.29, 0.717) is 30.6 Å². The number of amides is 1. The van der Waals surface area contributed by atoms with E-state index in [-0.39, 0.29) is 11.5 Å². The molecule has 136 valence electrons. The largest absolute Gasteiger partial charge is 0.383 e. The van der Waals surface area contributed by atoms with Crippen LogP contribution in [-0.4, -0.2) is 38.7 Å². The van der Waals surface area contributed by atoms with Gasteiger partial charge in [-0.3, -0.25) is 14.2 Å². The second kappa shape index (κ2) is 7.92. The third kappa shape index (κ3) is 3.65. The molecule has 3 aromatic rings. The SMILES string of the molecule is COCCn1cncc1CNC(=O)C(C)n1cnc2ccccc2c1=O. The summed E-state index contributed by atoms with van der Waals surface area (Å²) >= 11 is 0. The van der Waals surface area contributed by atoms with E-state index in [9.17, 15) is 9.59 Å². The van der Waals surface area contributed by atoms with Gasteiger partial charge in [0.05, 0.1) is 42.4 Å². The van der Waals surface area contributed by atoms with Gasteiger partial charge in [-0.05, 0) is 19.1 Å². The summed E-state index contributed by atoms with van der Waals surface area (Å²) in [6.45, 7) is 3.22. The minimum absolute atomic E-state index is 0.233. The van der Waals surface area contributed by atoms with Crippen molar-refractivity contribution in [1.29, 1.82) is 0 Å². The van der Waals surface area contributed by atoms with Crippen LogP contribution in [0.1, 0.15) is 18.7 Å². The van der Waals surface area contributed by atoms with Gasteiger partial charge in [-0.1, -0.05) is 12.1 Å². The highest BCUT2D eigenvalue weighted by Crippen LogP contribution is 2.09. The number of benzene rings is 1. The molecule has 0 fully saturated rings. The highest BCUT2D eigenvalue weighted by Gasteiger charge is 2.17. The number of nitrogens with zero attached hydrogens (tertiary/aromatic N) is 4. The lowest BCUT2D eigenvalue weighted by atomic mass is 10.2. The zero-order chi connectivity index (χ0) is 18.5. The van der Waals surface area contributed by atoms with Gasteiger partial charge in [0.25, 0.3) is 5.56 Å². The predicted molar refractivity (Wildman–Crippen MR) is 96.7 cm³/mol. The van der Waals surface area contributed by atoms with Crippen molar-refractivity contribution in [3.63, 3.8) is 0 Å². The van der Waals surface area contributed by atoms with Crippen molar-refractivity contribution < 1.29 is 9.53 Å². The Morgan fingerprint density at radius 1 is 1.31 bits per heavy atom. The van der Waals surface area contributed by atoms with Gasteiger partial charge in [0.2, 0.25) is 5.91 Å². The summed E-state index contributed by atoms with van der Waals surface area (Å²) in [5, 5.41) is 3.34. The maximum atomic E-state index is 12.6. The number of hydrogen-bond acceptors (Lipinski definition) is 5. The fourth-order valence-electron chi connectivity index (χ4n) is 2.70. The highest BCUT2D eigenvalue weighted by molar-refractivity contribution is 5.81. The number of carbonyl (C=O) groups excluding carboxylic acids is 1. The number of rotatable bonds is 7. The molecule has 0 saturated heterocycles. The smallest absolute Gasteiger partial charge is 0.261 e. The summed E-state index contributed by atoms with van der Waals surface area (Å²) in [5.41, 5.74) is 1.25. The second-order valence-electron chi connectivity index (χ2n) is 5.94. The molecule has 3 rings (SSSR count). The Hall–Kier alpha value is -3.00. The first-order chi connectivity index (χ1) is 12.6. The molecule has 1 atom stereocenters. The van der Waals surface area contributed by atoms with Crippen LogP contribution in [-0.2, 0) is 22.6 Å². The van der Waals surface area contributed by atoms with Crippen LogP contribution in [0.5, 0.6) is 0 Å². The molecule has 0 spiro atoms. The molecule has 1 unspecified atom stereocenters. The number of fused-ring (bicyclic) bond motifs is 1. The molecule has 8 nitrogen and oxygen atoms in total. The minimum atomic E-state index is -0.671. The molecule has 26 heavy (non-hydrogen) atoms. The van der Waals surface area contributed by atoms with Crippen LogP contribution in [0.25, 0.3) is 10.9 Å². The van der Waals surface area contributed by atoms with Crippen molar-refractivity contribution in [3.05, 3.63) is 59.2 Å². The van der Waals surface area contributed by atoms with E-state index in [1.807, 2.05) is 10.6 Å². The monoisotopic (exact) mass is 355 g/mol. The Kier molecular flexibility index (Phi) is 5.43. The molecule has 2 heterocycles. The fourth-order valence-corrected chi connectivity index (χ4v) is 2.70. The van der Waals surface area contributed by atoms with Crippen LogP contribution in [0.2, 0.25) is 0 Å². The van der Waals surface area contributed by atoms with E-state index >= 15 is 0 Å². The van der Waals surface area contributed by atoms with Crippen molar-refractivity contribution in [2.75, 3.05) is 13.7 Å². The molecule has 1 amide bonds. The number of imidazole rings is 1. The van der Waals surface area contributed by atoms with Gasteiger partial charge in [-0.2, -0.15) is 0 Å². The summed E-state index contributed by atoms with van der Waals surface area (Å²) in [5.74, 6) is -0.260. The van der Waals surface area contributed by atoms with E-state index in [1.54, 1.807) is 44.8 Å². The first-order valence-electron chi connectivity index (χ1n) is 8.33. The molecule has 1 aromatic carbocycles. The normalized spacial score (nSPS) is 12.2. The number of nitrogens with one attached hydrogen (secondary N) is 1. The zero-order valence-corrected chi connectivity index (χ0v) is 14.8. The molecular formula is C18H21N5O3. The summed E-state index contributed by atoms with van der Waals surface area (Å²) in [6.07, 6.45) is 4.81. The van der Waals surface area contributed by atoms with E-state index in [4.69, 9.17) is 4.74 Å². The molecule has 0 aliphatic carbocycles. The Balaban J connectivity index is 1.72. The average molecular weight is 355 g/mol. The van der Waals surface area contributed by atoms with Gasteiger partial charge in [0.1, 0.15) is 6.04 Å². The van der Waals surface area contributed by atoms with E-state index < -0.39 is 6.04 Å².